The molecule has 1 aromatic carbocycles. The summed E-state index contributed by atoms with van der Waals surface area (Å²) in [5.74, 6) is 1.38. The van der Waals surface area contributed by atoms with E-state index in [2.05, 4.69) is 15.4 Å². The maximum atomic E-state index is 12.8. The van der Waals surface area contributed by atoms with E-state index < -0.39 is 5.60 Å². The Bertz CT molecular complexity index is 689. The predicted octanol–water partition coefficient (Wildman–Crippen LogP) is 2.79. The number of aromatic nitrogens is 3. The van der Waals surface area contributed by atoms with Crippen molar-refractivity contribution >= 4 is 5.91 Å². The van der Waals surface area contributed by atoms with Gasteiger partial charge in [-0.3, -0.25) is 9.48 Å². The van der Waals surface area contributed by atoms with Crippen molar-refractivity contribution in [3.63, 3.8) is 0 Å². The van der Waals surface area contributed by atoms with E-state index >= 15 is 0 Å². The molecule has 1 heterocycles. The summed E-state index contributed by atoms with van der Waals surface area (Å²) in [5.41, 5.74) is 0.146. The highest BCUT2D eigenvalue weighted by Crippen LogP contribution is 2.23. The van der Waals surface area contributed by atoms with Crippen molar-refractivity contribution in [3.8, 4) is 5.75 Å². The third-order valence-electron chi connectivity index (χ3n) is 3.92. The van der Waals surface area contributed by atoms with E-state index in [9.17, 15) is 4.79 Å². The van der Waals surface area contributed by atoms with Gasteiger partial charge in [0.05, 0.1) is 6.04 Å². The number of rotatable bonds is 6. The third-order valence-corrected chi connectivity index (χ3v) is 3.92. The number of nitrogens with one attached hydrogen (secondary N) is 1. The number of benzene rings is 1. The van der Waals surface area contributed by atoms with Gasteiger partial charge in [-0.15, -0.1) is 0 Å². The molecular formula is C18H26N4O2. The molecule has 6 heteroatoms. The summed E-state index contributed by atoms with van der Waals surface area (Å²) in [4.78, 5) is 17.0. The van der Waals surface area contributed by atoms with E-state index in [1.165, 1.54) is 6.33 Å². The number of amides is 1. The van der Waals surface area contributed by atoms with Crippen LogP contribution < -0.4 is 10.1 Å². The Morgan fingerprint density at radius 2 is 1.88 bits per heavy atom. The lowest BCUT2D eigenvalue weighted by Crippen LogP contribution is -2.49. The van der Waals surface area contributed by atoms with Crippen molar-refractivity contribution in [3.05, 3.63) is 42.0 Å². The number of nitrogens with zero attached hydrogens (tertiary/aromatic N) is 3. The molecule has 0 bridgehead atoms. The lowest BCUT2D eigenvalue weighted by Gasteiger charge is -2.29. The highest BCUT2D eigenvalue weighted by Gasteiger charge is 2.33. The van der Waals surface area contributed by atoms with Crippen LogP contribution in [-0.2, 0) is 11.8 Å². The van der Waals surface area contributed by atoms with E-state index in [-0.39, 0.29) is 17.9 Å². The first kappa shape index (κ1) is 18.0. The Balaban J connectivity index is 2.13. The van der Waals surface area contributed by atoms with Crippen LogP contribution in [0.4, 0.5) is 0 Å². The normalized spacial score (nSPS) is 13.0. The molecular weight excluding hydrogens is 304 g/mol. The predicted molar refractivity (Wildman–Crippen MR) is 92.6 cm³/mol. The van der Waals surface area contributed by atoms with Gasteiger partial charge in [0.25, 0.3) is 5.91 Å². The number of ether oxygens (including phenoxy) is 1. The van der Waals surface area contributed by atoms with Gasteiger partial charge in [0.15, 0.2) is 5.60 Å². The second-order valence-electron chi connectivity index (χ2n) is 6.86. The van der Waals surface area contributed by atoms with Crippen LogP contribution in [0.15, 0.2) is 30.6 Å². The van der Waals surface area contributed by atoms with Gasteiger partial charge in [-0.1, -0.05) is 31.5 Å². The van der Waals surface area contributed by atoms with Crippen molar-refractivity contribution in [2.45, 2.75) is 46.3 Å². The van der Waals surface area contributed by atoms with E-state index in [4.69, 9.17) is 4.74 Å². The van der Waals surface area contributed by atoms with Crippen LogP contribution in [-0.4, -0.2) is 26.3 Å². The first-order chi connectivity index (χ1) is 11.2. The Kier molecular flexibility index (Phi) is 5.26. The Hall–Kier alpha value is -2.37. The fraction of sp³-hybridized carbons (Fsp3) is 0.500. The molecule has 1 N–H and O–H groups in total. The maximum Gasteiger partial charge on any atom is 0.264 e. The van der Waals surface area contributed by atoms with E-state index in [0.717, 1.165) is 11.4 Å². The number of hydrogen-bond donors (Lipinski definition) is 1. The number of carbonyl (C=O) groups is 1. The Morgan fingerprint density at radius 3 is 2.38 bits per heavy atom. The summed E-state index contributed by atoms with van der Waals surface area (Å²) >= 11 is 0. The molecule has 0 unspecified atom stereocenters. The summed E-state index contributed by atoms with van der Waals surface area (Å²) in [7, 11) is 1.82. The summed E-state index contributed by atoms with van der Waals surface area (Å²) in [6.45, 7) is 9.60. The summed E-state index contributed by atoms with van der Waals surface area (Å²) in [6, 6.07) is 7.42. The van der Waals surface area contributed by atoms with Gasteiger partial charge in [0.2, 0.25) is 0 Å². The largest absolute Gasteiger partial charge is 0.478 e. The van der Waals surface area contributed by atoms with E-state index in [1.807, 2.05) is 52.1 Å². The van der Waals surface area contributed by atoms with Crippen LogP contribution in [0.25, 0.3) is 0 Å². The molecule has 1 amide bonds. The molecule has 130 valence electrons. The summed E-state index contributed by atoms with van der Waals surface area (Å²) in [5, 5.41) is 7.13. The van der Waals surface area contributed by atoms with Gasteiger partial charge >= 0.3 is 0 Å². The van der Waals surface area contributed by atoms with Crippen LogP contribution in [0.2, 0.25) is 0 Å². The lowest BCUT2D eigenvalue weighted by molar-refractivity contribution is -0.135. The lowest BCUT2D eigenvalue weighted by atomic mass is 10.0. The van der Waals surface area contributed by atoms with E-state index in [1.54, 1.807) is 18.5 Å². The fourth-order valence-electron chi connectivity index (χ4n) is 2.38. The number of carbonyl (C=O) groups excluding carboxylic acids is 1. The fourth-order valence-corrected chi connectivity index (χ4v) is 2.38. The maximum absolute atomic E-state index is 12.8. The Morgan fingerprint density at radius 1 is 1.25 bits per heavy atom. The van der Waals surface area contributed by atoms with Crippen molar-refractivity contribution in [1.82, 2.24) is 20.1 Å². The SMILES string of the molecule is Cc1ccc(OC(C)(C)C(=O)N[C@@H](c2ncnn2C)C(C)C)cc1. The first-order valence-electron chi connectivity index (χ1n) is 8.11. The quantitative estimate of drug-likeness (QED) is 0.884. The van der Waals surface area contributed by atoms with Crippen LogP contribution in [0.1, 0.15) is 45.1 Å². The van der Waals surface area contributed by atoms with Gasteiger partial charge in [-0.2, -0.15) is 5.10 Å². The van der Waals surface area contributed by atoms with Gasteiger partial charge in [0, 0.05) is 7.05 Å². The second-order valence-corrected chi connectivity index (χ2v) is 6.86. The van der Waals surface area contributed by atoms with Crippen molar-refractivity contribution < 1.29 is 9.53 Å². The van der Waals surface area contributed by atoms with Crippen LogP contribution >= 0.6 is 0 Å². The summed E-state index contributed by atoms with van der Waals surface area (Å²) in [6.07, 6.45) is 1.49. The number of hydrogen-bond acceptors (Lipinski definition) is 4. The average Bonchev–Trinajstić information content (AvgIpc) is 2.92. The third kappa shape index (κ3) is 4.13. The molecule has 0 spiro atoms. The van der Waals surface area contributed by atoms with Crippen LogP contribution in [0.5, 0.6) is 5.75 Å². The standard InChI is InChI=1S/C18H26N4O2/c1-12(2)15(16-19-11-20-22(16)6)21-17(23)18(4,5)24-14-9-7-13(3)8-10-14/h7-12,15H,1-6H3,(H,21,23)/t15-/m1/s1. The zero-order chi connectivity index (χ0) is 17.9. The monoisotopic (exact) mass is 330 g/mol. The Labute approximate surface area is 143 Å². The minimum Gasteiger partial charge on any atom is -0.478 e. The molecule has 0 aliphatic rings. The van der Waals surface area contributed by atoms with Crippen LogP contribution in [0, 0.1) is 12.8 Å². The number of aryl methyl sites for hydroxylation is 2. The van der Waals surface area contributed by atoms with E-state index in [0.29, 0.717) is 5.75 Å². The molecule has 0 saturated heterocycles. The zero-order valence-electron chi connectivity index (χ0n) is 15.2. The molecule has 2 aromatic rings. The average molecular weight is 330 g/mol. The highest BCUT2D eigenvalue weighted by molar-refractivity contribution is 5.85. The van der Waals surface area contributed by atoms with Gasteiger partial charge in [-0.25, -0.2) is 4.98 Å². The molecule has 2 rings (SSSR count). The van der Waals surface area contributed by atoms with Crippen molar-refractivity contribution in [1.29, 1.82) is 0 Å². The van der Waals surface area contributed by atoms with Crippen molar-refractivity contribution in [2.24, 2.45) is 13.0 Å². The molecule has 0 radical (unpaired) electrons. The van der Waals surface area contributed by atoms with Gasteiger partial charge < -0.3 is 10.1 Å². The zero-order valence-corrected chi connectivity index (χ0v) is 15.2. The van der Waals surface area contributed by atoms with Crippen molar-refractivity contribution in [2.75, 3.05) is 0 Å². The molecule has 0 fully saturated rings. The highest BCUT2D eigenvalue weighted by atomic mass is 16.5. The topological polar surface area (TPSA) is 69.0 Å². The summed E-state index contributed by atoms with van der Waals surface area (Å²) < 4.78 is 7.57. The van der Waals surface area contributed by atoms with Crippen LogP contribution in [0.3, 0.4) is 0 Å². The molecule has 1 atom stereocenters. The smallest absolute Gasteiger partial charge is 0.264 e. The molecule has 0 aliphatic carbocycles. The minimum atomic E-state index is -0.999. The molecule has 1 aromatic heterocycles. The first-order valence-corrected chi connectivity index (χ1v) is 8.11. The second kappa shape index (κ2) is 7.03. The molecule has 0 aliphatic heterocycles. The minimum absolute atomic E-state index is 0.173. The van der Waals surface area contributed by atoms with Gasteiger partial charge in [-0.05, 0) is 38.8 Å². The molecule has 24 heavy (non-hydrogen) atoms. The molecule has 0 saturated carbocycles. The molecule has 6 nitrogen and oxygen atoms in total. The van der Waals surface area contributed by atoms with Gasteiger partial charge in [0.1, 0.15) is 17.9 Å².